The lowest BCUT2D eigenvalue weighted by Gasteiger charge is -2.23. The van der Waals surface area contributed by atoms with Gasteiger partial charge in [-0.3, -0.25) is 14.4 Å². The second-order valence-electron chi connectivity index (χ2n) is 6.91. The van der Waals surface area contributed by atoms with E-state index in [4.69, 9.17) is 4.74 Å². The lowest BCUT2D eigenvalue weighted by atomic mass is 10.1. The van der Waals surface area contributed by atoms with Crippen LogP contribution in [0.2, 0.25) is 0 Å². The van der Waals surface area contributed by atoms with Crippen molar-refractivity contribution in [3.05, 3.63) is 23.5 Å². The lowest BCUT2D eigenvalue weighted by Crippen LogP contribution is -2.46. The van der Waals surface area contributed by atoms with Gasteiger partial charge in [0.15, 0.2) is 12.4 Å². The third kappa shape index (κ3) is 6.40. The van der Waals surface area contributed by atoms with Gasteiger partial charge >= 0.3 is 5.97 Å². The molecule has 2 amide bonds. The molecule has 1 aromatic rings. The van der Waals surface area contributed by atoms with E-state index >= 15 is 0 Å². The number of carbonyl (C=O) groups excluding carboxylic acids is 4. The van der Waals surface area contributed by atoms with Crippen molar-refractivity contribution in [3.63, 3.8) is 0 Å². The number of aromatic nitrogens is 1. The number of nitrogens with one attached hydrogen (secondary N) is 1. The van der Waals surface area contributed by atoms with Crippen molar-refractivity contribution in [3.8, 4) is 0 Å². The number of rotatable bonds is 6. The van der Waals surface area contributed by atoms with Crippen LogP contribution in [0.5, 0.6) is 0 Å². The van der Waals surface area contributed by atoms with Crippen LogP contribution < -0.4 is 5.32 Å². The van der Waals surface area contributed by atoms with Crippen molar-refractivity contribution in [1.29, 1.82) is 0 Å². The van der Waals surface area contributed by atoms with Gasteiger partial charge in [-0.05, 0) is 33.8 Å². The molecule has 0 aliphatic carbocycles. The number of likely N-dealkylation sites (N-methyl/N-ethyl adjacent to an activating group) is 1. The summed E-state index contributed by atoms with van der Waals surface area (Å²) in [5.74, 6) is -1.69. The highest BCUT2D eigenvalue weighted by molar-refractivity contribution is 5.98. The fourth-order valence-corrected chi connectivity index (χ4v) is 2.03. The summed E-state index contributed by atoms with van der Waals surface area (Å²) < 4.78 is 6.44. The van der Waals surface area contributed by atoms with Crippen LogP contribution in [0.1, 0.15) is 48.5 Å². The maximum absolute atomic E-state index is 12.0. The van der Waals surface area contributed by atoms with Crippen molar-refractivity contribution in [1.82, 2.24) is 14.8 Å². The first-order valence-electron chi connectivity index (χ1n) is 7.80. The molecule has 1 rings (SSSR count). The Morgan fingerprint density at radius 1 is 1.24 bits per heavy atom. The molecule has 25 heavy (non-hydrogen) atoms. The minimum absolute atomic E-state index is 0.133. The van der Waals surface area contributed by atoms with Gasteiger partial charge in [0, 0.05) is 31.4 Å². The zero-order valence-electron chi connectivity index (χ0n) is 15.5. The van der Waals surface area contributed by atoms with Crippen LogP contribution in [0.4, 0.5) is 0 Å². The summed E-state index contributed by atoms with van der Waals surface area (Å²) in [6, 6.07) is 1.41. The van der Waals surface area contributed by atoms with Crippen LogP contribution in [0.25, 0.3) is 0 Å². The van der Waals surface area contributed by atoms with Crippen LogP contribution in [-0.2, 0) is 21.4 Å². The molecule has 138 valence electrons. The van der Waals surface area contributed by atoms with Crippen molar-refractivity contribution in [2.45, 2.75) is 33.2 Å². The summed E-state index contributed by atoms with van der Waals surface area (Å²) in [7, 11) is 3.06. The van der Waals surface area contributed by atoms with Crippen LogP contribution in [0.15, 0.2) is 12.3 Å². The Balaban J connectivity index is 2.56. The number of aryl methyl sites for hydroxylation is 1. The van der Waals surface area contributed by atoms with E-state index < -0.39 is 24.0 Å². The zero-order chi connectivity index (χ0) is 19.4. The van der Waals surface area contributed by atoms with Gasteiger partial charge in [-0.25, -0.2) is 4.79 Å². The standard InChI is InChI=1S/C17H25N3O5/c1-11(21)12-7-13(19(5)8-12)16(24)25-10-15(23)20(6)9-14(22)18-17(2,3)4/h7-8H,9-10H2,1-6H3,(H,18,22). The number of nitrogens with zero attached hydrogens (tertiary/aromatic N) is 2. The van der Waals surface area contributed by atoms with Gasteiger partial charge in [0.05, 0.1) is 6.54 Å². The quantitative estimate of drug-likeness (QED) is 0.603. The topological polar surface area (TPSA) is 97.7 Å². The largest absolute Gasteiger partial charge is 0.451 e. The van der Waals surface area contributed by atoms with Crippen LogP contribution in [-0.4, -0.2) is 58.8 Å². The first-order chi connectivity index (χ1) is 11.4. The second-order valence-corrected chi connectivity index (χ2v) is 6.91. The monoisotopic (exact) mass is 351 g/mol. The molecular weight excluding hydrogens is 326 g/mol. The van der Waals surface area contributed by atoms with Gasteiger partial charge in [0.1, 0.15) is 5.69 Å². The van der Waals surface area contributed by atoms with E-state index in [0.29, 0.717) is 5.56 Å². The van der Waals surface area contributed by atoms with Crippen LogP contribution in [0.3, 0.4) is 0 Å². The van der Waals surface area contributed by atoms with E-state index in [2.05, 4.69) is 5.32 Å². The number of hydrogen-bond donors (Lipinski definition) is 1. The van der Waals surface area contributed by atoms with E-state index in [1.807, 2.05) is 20.8 Å². The minimum atomic E-state index is -0.712. The number of amides is 2. The zero-order valence-corrected chi connectivity index (χ0v) is 15.5. The summed E-state index contributed by atoms with van der Waals surface area (Å²) >= 11 is 0. The van der Waals surface area contributed by atoms with Crippen molar-refractivity contribution in [2.24, 2.45) is 7.05 Å². The Labute approximate surface area is 147 Å². The molecule has 0 spiro atoms. The molecule has 8 nitrogen and oxygen atoms in total. The highest BCUT2D eigenvalue weighted by Crippen LogP contribution is 2.09. The summed E-state index contributed by atoms with van der Waals surface area (Å²) in [6.07, 6.45) is 1.52. The van der Waals surface area contributed by atoms with Crippen LogP contribution >= 0.6 is 0 Å². The average molecular weight is 351 g/mol. The lowest BCUT2D eigenvalue weighted by molar-refractivity contribution is -0.137. The third-order valence-corrected chi connectivity index (χ3v) is 3.27. The van der Waals surface area contributed by atoms with Gasteiger partial charge in [-0.1, -0.05) is 0 Å². The Kier molecular flexibility index (Phi) is 6.49. The molecule has 0 aromatic carbocycles. The highest BCUT2D eigenvalue weighted by atomic mass is 16.5. The Bertz CT molecular complexity index is 685. The molecule has 0 bridgehead atoms. The van der Waals surface area contributed by atoms with E-state index in [1.54, 1.807) is 7.05 Å². The summed E-state index contributed by atoms with van der Waals surface area (Å²) in [6.45, 7) is 6.29. The predicted octanol–water partition coefficient (Wildman–Crippen LogP) is 0.758. The SMILES string of the molecule is CC(=O)c1cc(C(=O)OCC(=O)N(C)CC(=O)NC(C)(C)C)n(C)c1. The van der Waals surface area contributed by atoms with E-state index in [9.17, 15) is 19.2 Å². The highest BCUT2D eigenvalue weighted by Gasteiger charge is 2.20. The van der Waals surface area contributed by atoms with Gasteiger partial charge in [0.2, 0.25) is 5.91 Å². The van der Waals surface area contributed by atoms with Crippen LogP contribution in [0, 0.1) is 0 Å². The number of carbonyl (C=O) groups is 4. The second kappa shape index (κ2) is 7.96. The average Bonchev–Trinajstić information content (AvgIpc) is 2.84. The van der Waals surface area contributed by atoms with Crippen molar-refractivity contribution in [2.75, 3.05) is 20.2 Å². The normalized spacial score (nSPS) is 11.0. The molecule has 1 N–H and O–H groups in total. The fourth-order valence-electron chi connectivity index (χ4n) is 2.03. The van der Waals surface area contributed by atoms with Gasteiger partial charge < -0.3 is 19.5 Å². The van der Waals surface area contributed by atoms with E-state index in [0.717, 1.165) is 0 Å². The molecule has 8 heteroatoms. The molecule has 0 aliphatic heterocycles. The molecule has 1 aromatic heterocycles. The molecule has 0 fully saturated rings. The molecule has 0 saturated heterocycles. The maximum atomic E-state index is 12.0. The summed E-state index contributed by atoms with van der Waals surface area (Å²) in [4.78, 5) is 48.3. The van der Waals surface area contributed by atoms with Crippen molar-refractivity contribution >= 4 is 23.6 Å². The fraction of sp³-hybridized carbons (Fsp3) is 0.529. The molecule has 0 atom stereocenters. The number of ketones is 1. The molecule has 0 aliphatic rings. The first kappa shape index (κ1) is 20.4. The predicted molar refractivity (Wildman–Crippen MR) is 91.2 cm³/mol. The molecule has 0 radical (unpaired) electrons. The van der Waals surface area contributed by atoms with E-state index in [-0.39, 0.29) is 23.9 Å². The number of ether oxygens (including phenoxy) is 1. The van der Waals surface area contributed by atoms with Gasteiger partial charge in [-0.15, -0.1) is 0 Å². The molecule has 0 saturated carbocycles. The first-order valence-corrected chi connectivity index (χ1v) is 7.80. The summed E-state index contributed by atoms with van der Waals surface area (Å²) in [5, 5.41) is 2.74. The Hall–Kier alpha value is -2.64. The van der Waals surface area contributed by atoms with Gasteiger partial charge in [-0.2, -0.15) is 0 Å². The maximum Gasteiger partial charge on any atom is 0.355 e. The van der Waals surface area contributed by atoms with Crippen molar-refractivity contribution < 1.29 is 23.9 Å². The summed E-state index contributed by atoms with van der Waals surface area (Å²) in [5.41, 5.74) is 0.164. The third-order valence-electron chi connectivity index (χ3n) is 3.27. The van der Waals surface area contributed by atoms with E-state index in [1.165, 1.54) is 35.7 Å². The number of hydrogen-bond acceptors (Lipinski definition) is 5. The number of Topliss-reactive ketones (excluding diaryl/α,β-unsaturated/α-hetero) is 1. The Morgan fingerprint density at radius 2 is 1.84 bits per heavy atom. The molecule has 0 unspecified atom stereocenters. The smallest absolute Gasteiger partial charge is 0.355 e. The Morgan fingerprint density at radius 3 is 2.32 bits per heavy atom. The molecule has 1 heterocycles. The number of esters is 1. The minimum Gasteiger partial charge on any atom is -0.451 e. The van der Waals surface area contributed by atoms with Gasteiger partial charge in [0.25, 0.3) is 5.91 Å². The molecular formula is C17H25N3O5.